The first kappa shape index (κ1) is 37.8. The molecule has 0 radical (unpaired) electrons. The van der Waals surface area contributed by atoms with Crippen LogP contribution in [0.3, 0.4) is 0 Å². The van der Waals surface area contributed by atoms with Crippen molar-refractivity contribution in [1.29, 1.82) is 0 Å². The van der Waals surface area contributed by atoms with E-state index in [1.54, 1.807) is 12.1 Å². The van der Waals surface area contributed by atoms with Crippen LogP contribution in [-0.4, -0.2) is 77.2 Å². The zero-order valence-electron chi connectivity index (χ0n) is 28.6. The maximum Gasteiger partial charge on any atom is 0.422 e. The van der Waals surface area contributed by atoms with E-state index >= 15 is 0 Å². The highest BCUT2D eigenvalue weighted by atomic mass is 35.5. The Morgan fingerprint density at radius 3 is 2.15 bits per heavy atom. The molecule has 0 spiro atoms. The number of anilines is 3. The average molecular weight is 767 g/mol. The van der Waals surface area contributed by atoms with Crippen molar-refractivity contribution in [2.45, 2.75) is 49.5 Å². The molecular weight excluding hydrogens is 733 g/mol. The lowest BCUT2D eigenvalue weighted by Crippen LogP contribution is -2.52. The molecule has 4 aromatic rings. The smallest absolute Gasteiger partial charge is 0.422 e. The van der Waals surface area contributed by atoms with E-state index < -0.39 is 60.6 Å². The highest BCUT2D eigenvalue weighted by Gasteiger charge is 2.45. The van der Waals surface area contributed by atoms with Crippen LogP contribution < -0.4 is 31.3 Å². The minimum Gasteiger partial charge on any atom is -0.467 e. The lowest BCUT2D eigenvalue weighted by atomic mass is 10.1. The Labute approximate surface area is 311 Å². The van der Waals surface area contributed by atoms with E-state index in [9.17, 15) is 32.3 Å². The number of carbonyl (C=O) groups excluding carboxylic acids is 4. The summed E-state index contributed by atoms with van der Waals surface area (Å²) in [7, 11) is 1.11. The molecule has 54 heavy (non-hydrogen) atoms. The van der Waals surface area contributed by atoms with Gasteiger partial charge in [-0.05, 0) is 78.8 Å². The highest BCUT2D eigenvalue weighted by Crippen LogP contribution is 2.48. The molecule has 0 unspecified atom stereocenters. The summed E-state index contributed by atoms with van der Waals surface area (Å²) in [5.74, 6) is -3.59. The second-order valence-corrected chi connectivity index (χ2v) is 13.1. The molecule has 3 aromatic carbocycles. The van der Waals surface area contributed by atoms with Gasteiger partial charge in [0.2, 0.25) is 11.9 Å². The molecule has 5 N–H and O–H groups in total. The van der Waals surface area contributed by atoms with Gasteiger partial charge in [-0.15, -0.1) is 0 Å². The molecule has 18 heteroatoms. The van der Waals surface area contributed by atoms with Gasteiger partial charge in [-0.1, -0.05) is 48.0 Å². The number of hydrogen-bond donors (Lipinski definition) is 5. The summed E-state index contributed by atoms with van der Waals surface area (Å²) in [5.41, 5.74) is 2.96. The van der Waals surface area contributed by atoms with E-state index in [0.717, 1.165) is 23.8 Å². The first-order valence-electron chi connectivity index (χ1n) is 16.7. The van der Waals surface area contributed by atoms with Crippen LogP contribution in [0.1, 0.15) is 39.9 Å². The number of nitrogens with one attached hydrogen (secondary N) is 5. The van der Waals surface area contributed by atoms with E-state index in [-0.39, 0.29) is 23.5 Å². The predicted octanol–water partition coefficient (Wildman–Crippen LogP) is 3.98. The molecule has 1 fully saturated rings. The number of aromatic nitrogens is 3. The van der Waals surface area contributed by atoms with Crippen molar-refractivity contribution in [1.82, 2.24) is 30.9 Å². The number of fused-ring (bicyclic) bond motifs is 1. The fraction of sp³-hybridized carbons (Fsp3) is 0.306. The van der Waals surface area contributed by atoms with Gasteiger partial charge in [-0.25, -0.2) is 4.79 Å². The molecule has 2 aliphatic rings. The van der Waals surface area contributed by atoms with Gasteiger partial charge < -0.3 is 36.1 Å². The normalized spacial score (nSPS) is 14.9. The standard InChI is InChI=1S/C36H34ClF3N8O6/c1-53-31(52)27(18-41-29(50)30(51)42-26-16-21-4-2-3-5-22(21)17-26)44-28(49)20-6-12-25(13-7-20)43-32-45-33(47-34(46-32)54-19-36(38,39)40)48-35(14-15-35)23-8-10-24(37)11-9-23/h2-13,26-27H,14-19H2,1H3,(H,41,50)(H,42,51)(H,44,49)(H2,43,45,46,47,48)/t27-/m0/s1. The largest absolute Gasteiger partial charge is 0.467 e. The van der Waals surface area contributed by atoms with E-state index in [2.05, 4.69) is 41.5 Å². The quantitative estimate of drug-likeness (QED) is 0.0980. The highest BCUT2D eigenvalue weighted by molar-refractivity contribution is 6.35. The van der Waals surface area contributed by atoms with Gasteiger partial charge in [0.1, 0.15) is 6.04 Å². The number of rotatable bonds is 13. The molecule has 0 saturated heterocycles. The van der Waals surface area contributed by atoms with Crippen LogP contribution in [0, 0.1) is 0 Å². The molecule has 2 aliphatic carbocycles. The van der Waals surface area contributed by atoms with E-state index in [0.29, 0.717) is 36.4 Å². The van der Waals surface area contributed by atoms with Gasteiger partial charge in [0, 0.05) is 28.9 Å². The summed E-state index contributed by atoms with van der Waals surface area (Å²) < 4.78 is 48.5. The number of hydrogen-bond acceptors (Lipinski definition) is 11. The second-order valence-electron chi connectivity index (χ2n) is 12.7. The number of methoxy groups -OCH3 is 1. The number of carbonyl (C=O) groups is 4. The first-order chi connectivity index (χ1) is 25.8. The van der Waals surface area contributed by atoms with Crippen molar-refractivity contribution in [2.75, 3.05) is 30.9 Å². The SMILES string of the molecule is COC(=O)[C@H](CNC(=O)C(=O)NC1Cc2ccccc2C1)NC(=O)c1ccc(Nc2nc(NC3(c4ccc(Cl)cc4)CC3)nc(OCC(F)(F)F)n2)cc1. The molecule has 14 nitrogen and oxygen atoms in total. The molecule has 0 aliphatic heterocycles. The summed E-state index contributed by atoms with van der Waals surface area (Å²) in [5, 5.41) is 14.1. The minimum absolute atomic E-state index is 0.0318. The Bertz CT molecular complexity index is 2010. The lowest BCUT2D eigenvalue weighted by Gasteiger charge is -2.19. The molecule has 1 saturated carbocycles. The molecule has 3 amide bonds. The Morgan fingerprint density at radius 1 is 0.889 bits per heavy atom. The van der Waals surface area contributed by atoms with Crippen LogP contribution in [-0.2, 0) is 37.5 Å². The lowest BCUT2D eigenvalue weighted by molar-refractivity contribution is -0.154. The Morgan fingerprint density at radius 2 is 1.54 bits per heavy atom. The number of alkyl halides is 3. The summed E-state index contributed by atoms with van der Waals surface area (Å²) >= 11 is 6.03. The molecule has 1 atom stereocenters. The van der Waals surface area contributed by atoms with Gasteiger partial charge in [0.15, 0.2) is 6.61 Å². The predicted molar refractivity (Wildman–Crippen MR) is 189 cm³/mol. The summed E-state index contributed by atoms with van der Waals surface area (Å²) in [6.07, 6.45) is -2.05. The van der Waals surface area contributed by atoms with Crippen molar-refractivity contribution in [2.24, 2.45) is 0 Å². The van der Waals surface area contributed by atoms with Crippen LogP contribution in [0.25, 0.3) is 0 Å². The van der Waals surface area contributed by atoms with Crippen molar-refractivity contribution in [3.05, 3.63) is 100 Å². The number of ether oxygens (including phenoxy) is 2. The van der Waals surface area contributed by atoms with Crippen molar-refractivity contribution in [3.63, 3.8) is 0 Å². The van der Waals surface area contributed by atoms with E-state index in [4.69, 9.17) is 21.1 Å². The monoisotopic (exact) mass is 766 g/mol. The van der Waals surface area contributed by atoms with Crippen LogP contribution in [0.15, 0.2) is 72.8 Å². The molecular formula is C36H34ClF3N8O6. The number of benzene rings is 3. The summed E-state index contributed by atoms with van der Waals surface area (Å²) in [6.45, 7) is -2.05. The average Bonchev–Trinajstić information content (AvgIpc) is 3.81. The summed E-state index contributed by atoms with van der Waals surface area (Å²) in [6, 6.07) is 18.4. The maximum absolute atomic E-state index is 13.1. The Kier molecular flexibility index (Phi) is 11.2. The topological polar surface area (TPSA) is 186 Å². The van der Waals surface area contributed by atoms with Crippen LogP contribution in [0.4, 0.5) is 30.8 Å². The second kappa shape index (κ2) is 16.0. The fourth-order valence-corrected chi connectivity index (χ4v) is 6.00. The fourth-order valence-electron chi connectivity index (χ4n) is 5.87. The van der Waals surface area contributed by atoms with Gasteiger partial charge in [0.25, 0.3) is 5.91 Å². The number of nitrogens with zero attached hydrogens (tertiary/aromatic N) is 3. The maximum atomic E-state index is 13.1. The zero-order valence-corrected chi connectivity index (χ0v) is 29.4. The Hall–Kier alpha value is -5.97. The third-order valence-electron chi connectivity index (χ3n) is 8.73. The van der Waals surface area contributed by atoms with Crippen molar-refractivity contribution in [3.8, 4) is 6.01 Å². The van der Waals surface area contributed by atoms with Gasteiger partial charge in [0.05, 0.1) is 12.6 Å². The summed E-state index contributed by atoms with van der Waals surface area (Å²) in [4.78, 5) is 63.0. The number of amides is 3. The van der Waals surface area contributed by atoms with Crippen molar-refractivity contribution >= 4 is 52.9 Å². The van der Waals surface area contributed by atoms with Gasteiger partial charge in [-0.2, -0.15) is 28.1 Å². The molecule has 1 heterocycles. The van der Waals surface area contributed by atoms with Gasteiger partial charge >= 0.3 is 30.0 Å². The third kappa shape index (κ3) is 9.71. The number of halogens is 4. The Balaban J connectivity index is 1.07. The zero-order chi connectivity index (χ0) is 38.5. The molecule has 0 bridgehead atoms. The van der Waals surface area contributed by atoms with Crippen molar-refractivity contribution < 1.29 is 41.8 Å². The first-order valence-corrected chi connectivity index (χ1v) is 17.1. The third-order valence-corrected chi connectivity index (χ3v) is 8.98. The van der Waals surface area contributed by atoms with E-state index in [1.807, 2.05) is 36.4 Å². The minimum atomic E-state index is -4.64. The molecule has 6 rings (SSSR count). The van der Waals surface area contributed by atoms with E-state index in [1.165, 1.54) is 24.3 Å². The van der Waals surface area contributed by atoms with Crippen LogP contribution in [0.2, 0.25) is 5.02 Å². The van der Waals surface area contributed by atoms with Crippen LogP contribution in [0.5, 0.6) is 6.01 Å². The number of esters is 1. The van der Waals surface area contributed by atoms with Gasteiger partial charge in [-0.3, -0.25) is 14.4 Å². The van der Waals surface area contributed by atoms with Crippen LogP contribution >= 0.6 is 11.6 Å². The molecule has 282 valence electrons. The molecule has 1 aromatic heterocycles.